The van der Waals surface area contributed by atoms with Gasteiger partial charge in [-0.05, 0) is 44.9 Å². The van der Waals surface area contributed by atoms with Crippen LogP contribution in [0.2, 0.25) is 0 Å². The molecule has 0 aliphatic rings. The molecule has 0 amide bonds. The van der Waals surface area contributed by atoms with E-state index in [1.165, 1.54) is 89.9 Å². The van der Waals surface area contributed by atoms with Crippen molar-refractivity contribution in [2.24, 2.45) is 0 Å². The van der Waals surface area contributed by atoms with Crippen LogP contribution >= 0.6 is 0 Å². The molecular weight excluding hydrogens is 472 g/mol. The molecule has 0 saturated heterocycles. The highest BCUT2D eigenvalue weighted by Crippen LogP contribution is 2.12. The van der Waals surface area contributed by atoms with Crippen LogP contribution < -0.4 is 0 Å². The molecule has 1 atom stereocenters. The van der Waals surface area contributed by atoms with Gasteiger partial charge in [0, 0.05) is 13.0 Å². The van der Waals surface area contributed by atoms with E-state index in [-0.39, 0.29) is 12.6 Å². The Morgan fingerprint density at radius 2 is 1.18 bits per heavy atom. The van der Waals surface area contributed by atoms with Crippen LogP contribution in [-0.2, 0) is 14.3 Å². The highest BCUT2D eigenvalue weighted by molar-refractivity contribution is 5.69. The summed E-state index contributed by atoms with van der Waals surface area (Å²) in [4.78, 5) is 12.0. The Labute approximate surface area is 236 Å². The van der Waals surface area contributed by atoms with Gasteiger partial charge < -0.3 is 14.6 Å². The third-order valence-electron chi connectivity index (χ3n) is 6.73. The Hall–Kier alpha value is -1.39. The number of carbonyl (C=O) groups is 1. The van der Waals surface area contributed by atoms with Gasteiger partial charge in [0.2, 0.25) is 0 Å². The summed E-state index contributed by atoms with van der Waals surface area (Å²) in [6, 6.07) is 0. The van der Waals surface area contributed by atoms with Crippen molar-refractivity contribution >= 4 is 5.97 Å². The summed E-state index contributed by atoms with van der Waals surface area (Å²) in [6.07, 6.45) is 37.5. The fourth-order valence-electron chi connectivity index (χ4n) is 4.34. The zero-order valence-corrected chi connectivity index (χ0v) is 25.2. The molecule has 0 heterocycles. The number of esters is 1. The van der Waals surface area contributed by atoms with Crippen molar-refractivity contribution in [1.82, 2.24) is 0 Å². The third kappa shape index (κ3) is 29.2. The number of aliphatic hydroxyl groups excluding tert-OH is 1. The molecule has 0 radical (unpaired) electrons. The summed E-state index contributed by atoms with van der Waals surface area (Å²) in [6.45, 7) is 5.18. The minimum Gasteiger partial charge on any atom is -0.457 e. The Kier molecular flexibility index (Phi) is 30.7. The topological polar surface area (TPSA) is 55.8 Å². The average Bonchev–Trinajstić information content (AvgIpc) is 2.92. The van der Waals surface area contributed by atoms with Crippen molar-refractivity contribution in [3.63, 3.8) is 0 Å². The van der Waals surface area contributed by atoms with Crippen LogP contribution in [0.1, 0.15) is 149 Å². The molecule has 4 heteroatoms. The van der Waals surface area contributed by atoms with Crippen LogP contribution in [0.15, 0.2) is 36.5 Å². The molecule has 0 aromatic rings. The zero-order valence-electron chi connectivity index (χ0n) is 25.2. The van der Waals surface area contributed by atoms with E-state index in [9.17, 15) is 9.90 Å². The number of ether oxygens (including phenoxy) is 2. The second kappa shape index (κ2) is 31.8. The van der Waals surface area contributed by atoms with Crippen LogP contribution in [-0.4, -0.2) is 37.0 Å². The monoisotopic (exact) mass is 534 g/mol. The molecule has 1 unspecified atom stereocenters. The average molecular weight is 535 g/mol. The van der Waals surface area contributed by atoms with E-state index < -0.39 is 6.10 Å². The fourth-order valence-corrected chi connectivity index (χ4v) is 4.34. The third-order valence-corrected chi connectivity index (χ3v) is 6.73. The molecule has 222 valence electrons. The second-order valence-electron chi connectivity index (χ2n) is 10.5. The normalized spacial score (nSPS) is 12.8. The van der Waals surface area contributed by atoms with Crippen LogP contribution in [0.5, 0.6) is 0 Å². The summed E-state index contributed by atoms with van der Waals surface area (Å²) in [5.41, 5.74) is 0. The van der Waals surface area contributed by atoms with Crippen molar-refractivity contribution in [3.05, 3.63) is 36.5 Å². The first-order valence-electron chi connectivity index (χ1n) is 16.1. The van der Waals surface area contributed by atoms with Gasteiger partial charge in [0.25, 0.3) is 0 Å². The largest absolute Gasteiger partial charge is 0.457 e. The number of rotatable bonds is 29. The molecule has 0 bridgehead atoms. The van der Waals surface area contributed by atoms with Crippen molar-refractivity contribution in [2.75, 3.05) is 19.8 Å². The van der Waals surface area contributed by atoms with E-state index in [1.54, 1.807) is 0 Å². The lowest BCUT2D eigenvalue weighted by Gasteiger charge is -2.16. The van der Waals surface area contributed by atoms with Crippen molar-refractivity contribution < 1.29 is 19.4 Å². The first kappa shape index (κ1) is 36.6. The second-order valence-corrected chi connectivity index (χ2v) is 10.5. The molecule has 1 N–H and O–H groups in total. The summed E-state index contributed by atoms with van der Waals surface area (Å²) < 4.78 is 11.0. The Morgan fingerprint density at radius 3 is 1.79 bits per heavy atom. The van der Waals surface area contributed by atoms with Gasteiger partial charge in [0.1, 0.15) is 6.10 Å². The molecule has 0 aliphatic carbocycles. The van der Waals surface area contributed by atoms with E-state index in [1.807, 2.05) is 0 Å². The quantitative estimate of drug-likeness (QED) is 0.0589. The van der Waals surface area contributed by atoms with Crippen LogP contribution in [0, 0.1) is 0 Å². The van der Waals surface area contributed by atoms with Crippen LogP contribution in [0.3, 0.4) is 0 Å². The summed E-state index contributed by atoms with van der Waals surface area (Å²) >= 11 is 0. The first-order valence-corrected chi connectivity index (χ1v) is 16.1. The van der Waals surface area contributed by atoms with Crippen LogP contribution in [0.25, 0.3) is 0 Å². The van der Waals surface area contributed by atoms with E-state index >= 15 is 0 Å². The molecule has 0 aliphatic heterocycles. The Balaban J connectivity index is 3.44. The summed E-state index contributed by atoms with van der Waals surface area (Å²) in [5, 5.41) is 9.48. The maximum atomic E-state index is 12.0. The molecule has 0 aromatic heterocycles. The molecule has 0 aromatic carbocycles. The van der Waals surface area contributed by atoms with Gasteiger partial charge >= 0.3 is 5.97 Å². The van der Waals surface area contributed by atoms with Gasteiger partial charge in [-0.15, -0.1) is 0 Å². The van der Waals surface area contributed by atoms with Crippen molar-refractivity contribution in [3.8, 4) is 0 Å². The van der Waals surface area contributed by atoms with E-state index in [0.717, 1.165) is 38.5 Å². The van der Waals surface area contributed by atoms with Crippen molar-refractivity contribution in [1.29, 1.82) is 0 Å². The number of allylic oxidation sites excluding steroid dienone is 6. The molecule has 0 saturated carbocycles. The molecule has 0 spiro atoms. The molecule has 38 heavy (non-hydrogen) atoms. The van der Waals surface area contributed by atoms with Crippen molar-refractivity contribution in [2.45, 2.75) is 155 Å². The fraction of sp³-hybridized carbons (Fsp3) is 0.794. The van der Waals surface area contributed by atoms with Gasteiger partial charge in [0.15, 0.2) is 0 Å². The maximum absolute atomic E-state index is 12.0. The molecule has 4 nitrogen and oxygen atoms in total. The molecular formula is C34H62O4. The SMILES string of the molecule is CC/C=C\C/C=C\C/C=C\CCCCCCCCCCOCC(CO)OC(=O)CCCCCCCCCC. The predicted molar refractivity (Wildman–Crippen MR) is 164 cm³/mol. The van der Waals surface area contributed by atoms with Crippen LogP contribution in [0.4, 0.5) is 0 Å². The lowest BCUT2D eigenvalue weighted by Crippen LogP contribution is -2.27. The number of hydrogen-bond donors (Lipinski definition) is 1. The zero-order chi connectivity index (χ0) is 27.8. The Morgan fingerprint density at radius 1 is 0.658 bits per heavy atom. The highest BCUT2D eigenvalue weighted by Gasteiger charge is 2.13. The van der Waals surface area contributed by atoms with Gasteiger partial charge in [-0.3, -0.25) is 4.79 Å². The number of hydrogen-bond acceptors (Lipinski definition) is 4. The summed E-state index contributed by atoms with van der Waals surface area (Å²) in [5.74, 6) is -0.210. The van der Waals surface area contributed by atoms with Gasteiger partial charge in [0.05, 0.1) is 13.2 Å². The number of unbranched alkanes of at least 4 members (excludes halogenated alkanes) is 15. The first-order chi connectivity index (χ1) is 18.7. The molecule has 0 fully saturated rings. The Bertz CT molecular complexity index is 567. The van der Waals surface area contributed by atoms with E-state index in [2.05, 4.69) is 50.3 Å². The lowest BCUT2D eigenvalue weighted by atomic mass is 10.1. The van der Waals surface area contributed by atoms with Gasteiger partial charge in [-0.25, -0.2) is 0 Å². The highest BCUT2D eigenvalue weighted by atomic mass is 16.6. The minimum absolute atomic E-state index is 0.174. The summed E-state index contributed by atoms with van der Waals surface area (Å²) in [7, 11) is 0. The molecule has 0 rings (SSSR count). The number of aliphatic hydroxyl groups is 1. The smallest absolute Gasteiger partial charge is 0.306 e. The van der Waals surface area contributed by atoms with Gasteiger partial charge in [-0.2, -0.15) is 0 Å². The van der Waals surface area contributed by atoms with E-state index in [0.29, 0.717) is 19.6 Å². The lowest BCUT2D eigenvalue weighted by molar-refractivity contribution is -0.154. The predicted octanol–water partition coefficient (Wildman–Crippen LogP) is 9.81. The number of carbonyl (C=O) groups excluding carboxylic acids is 1. The minimum atomic E-state index is -0.532. The van der Waals surface area contributed by atoms with Gasteiger partial charge in [-0.1, -0.05) is 134 Å². The maximum Gasteiger partial charge on any atom is 0.306 e. The van der Waals surface area contributed by atoms with E-state index in [4.69, 9.17) is 9.47 Å². The standard InChI is InChI=1S/C34H62O4/c1-3-5-7-9-11-13-14-15-16-17-18-19-20-21-22-24-26-28-30-37-32-33(31-35)38-34(36)29-27-25-23-12-10-8-6-4-2/h5,7,11,13,15-16,33,35H,3-4,6,8-10,12,14,17-32H2,1-2H3/b7-5-,13-11-,16-15-.